The van der Waals surface area contributed by atoms with Crippen LogP contribution in [0.1, 0.15) is 24.9 Å². The molecule has 0 radical (unpaired) electrons. The van der Waals surface area contributed by atoms with E-state index < -0.39 is 0 Å². The normalized spacial score (nSPS) is 12.2. The lowest BCUT2D eigenvalue weighted by Crippen LogP contribution is -2.28. The van der Waals surface area contributed by atoms with Crippen molar-refractivity contribution in [1.29, 1.82) is 0 Å². The fraction of sp³-hybridized carbons (Fsp3) is 0.462. The number of nitrogens with one attached hydrogen (secondary N) is 1. The lowest BCUT2D eigenvalue weighted by atomic mass is 10.1. The summed E-state index contributed by atoms with van der Waals surface area (Å²) in [5, 5.41) is 4.04. The third-order valence-electron chi connectivity index (χ3n) is 2.64. The molecule has 0 aliphatic carbocycles. The molecule has 1 atom stereocenters. The highest BCUT2D eigenvalue weighted by Gasteiger charge is 2.07. The van der Waals surface area contributed by atoms with Gasteiger partial charge in [-0.05, 0) is 24.6 Å². The molecule has 4 heteroatoms. The van der Waals surface area contributed by atoms with Gasteiger partial charge in [0.05, 0.1) is 0 Å². The Morgan fingerprint density at radius 1 is 1.47 bits per heavy atom. The number of halogens is 1. The molecule has 0 fully saturated rings. The highest BCUT2D eigenvalue weighted by atomic mass is 35.5. The van der Waals surface area contributed by atoms with Crippen LogP contribution in [-0.4, -0.2) is 31.4 Å². The molecule has 17 heavy (non-hydrogen) atoms. The highest BCUT2D eigenvalue weighted by Crippen LogP contribution is 2.17. The monoisotopic (exact) mass is 254 g/mol. The van der Waals surface area contributed by atoms with Crippen LogP contribution in [0.2, 0.25) is 5.02 Å². The SMILES string of the molecule is C[C@H](NCCC(=O)N(C)C)c1cccc(Cl)c1. The molecule has 0 aromatic heterocycles. The molecule has 0 heterocycles. The van der Waals surface area contributed by atoms with Gasteiger partial charge in [-0.15, -0.1) is 0 Å². The van der Waals surface area contributed by atoms with E-state index in [0.29, 0.717) is 13.0 Å². The number of benzene rings is 1. The van der Waals surface area contributed by atoms with Crippen molar-refractivity contribution >= 4 is 17.5 Å². The van der Waals surface area contributed by atoms with Crippen molar-refractivity contribution < 1.29 is 4.79 Å². The first-order valence-electron chi connectivity index (χ1n) is 5.69. The first-order chi connectivity index (χ1) is 8.00. The number of hydrogen-bond donors (Lipinski definition) is 1. The summed E-state index contributed by atoms with van der Waals surface area (Å²) in [6.07, 6.45) is 0.512. The van der Waals surface area contributed by atoms with Gasteiger partial charge in [-0.3, -0.25) is 4.79 Å². The fourth-order valence-corrected chi connectivity index (χ4v) is 1.71. The van der Waals surface area contributed by atoms with Crippen LogP contribution in [0.25, 0.3) is 0 Å². The van der Waals surface area contributed by atoms with Crippen LogP contribution >= 0.6 is 11.6 Å². The van der Waals surface area contributed by atoms with Crippen LogP contribution in [-0.2, 0) is 4.79 Å². The van der Waals surface area contributed by atoms with E-state index in [0.717, 1.165) is 10.6 Å². The molecule has 1 N–H and O–H groups in total. The molecule has 0 spiro atoms. The second kappa shape index (κ2) is 6.62. The molecule has 1 rings (SSSR count). The molecular formula is C13H19ClN2O. The zero-order valence-corrected chi connectivity index (χ0v) is 11.3. The Kier molecular flexibility index (Phi) is 5.45. The molecule has 0 saturated heterocycles. The number of carbonyl (C=O) groups is 1. The van der Waals surface area contributed by atoms with Gasteiger partial charge < -0.3 is 10.2 Å². The fourth-order valence-electron chi connectivity index (χ4n) is 1.51. The summed E-state index contributed by atoms with van der Waals surface area (Å²) < 4.78 is 0. The standard InChI is InChI=1S/C13H19ClN2O/c1-10(11-5-4-6-12(14)9-11)15-8-7-13(17)16(2)3/h4-6,9-10,15H,7-8H2,1-3H3/t10-/m0/s1. The Labute approximate surface area is 108 Å². The predicted molar refractivity (Wildman–Crippen MR) is 71.2 cm³/mol. The van der Waals surface area contributed by atoms with Gasteiger partial charge in [0.1, 0.15) is 0 Å². The van der Waals surface area contributed by atoms with Crippen LogP contribution in [0.5, 0.6) is 0 Å². The van der Waals surface area contributed by atoms with E-state index in [1.165, 1.54) is 0 Å². The molecule has 0 aliphatic rings. The van der Waals surface area contributed by atoms with Gasteiger partial charge in [0.25, 0.3) is 0 Å². The molecule has 1 aromatic carbocycles. The van der Waals surface area contributed by atoms with Crippen molar-refractivity contribution in [2.24, 2.45) is 0 Å². The van der Waals surface area contributed by atoms with E-state index in [9.17, 15) is 4.79 Å². The Morgan fingerprint density at radius 3 is 2.76 bits per heavy atom. The number of carbonyl (C=O) groups excluding carboxylic acids is 1. The zero-order chi connectivity index (χ0) is 12.8. The molecule has 0 unspecified atom stereocenters. The Bertz CT molecular complexity index is 379. The van der Waals surface area contributed by atoms with Crippen LogP contribution < -0.4 is 5.32 Å². The predicted octanol–water partition coefficient (Wildman–Crippen LogP) is 2.47. The summed E-state index contributed by atoms with van der Waals surface area (Å²) in [5.74, 6) is 0.135. The van der Waals surface area contributed by atoms with Crippen molar-refractivity contribution in [2.45, 2.75) is 19.4 Å². The van der Waals surface area contributed by atoms with Gasteiger partial charge in [-0.25, -0.2) is 0 Å². The Balaban J connectivity index is 2.40. The van der Waals surface area contributed by atoms with Crippen LogP contribution in [0.3, 0.4) is 0 Å². The molecule has 94 valence electrons. The summed E-state index contributed by atoms with van der Waals surface area (Å²) in [4.78, 5) is 13.0. The third kappa shape index (κ3) is 4.75. The number of amides is 1. The molecule has 0 saturated carbocycles. The first kappa shape index (κ1) is 14.0. The minimum Gasteiger partial charge on any atom is -0.349 e. The second-order valence-corrected chi connectivity index (χ2v) is 4.71. The van der Waals surface area contributed by atoms with Crippen molar-refractivity contribution in [3.8, 4) is 0 Å². The number of nitrogens with zero attached hydrogens (tertiary/aromatic N) is 1. The minimum atomic E-state index is 0.135. The summed E-state index contributed by atoms with van der Waals surface area (Å²) in [6.45, 7) is 2.73. The summed E-state index contributed by atoms with van der Waals surface area (Å²) in [5.41, 5.74) is 1.13. The third-order valence-corrected chi connectivity index (χ3v) is 2.87. The Hall–Kier alpha value is -1.06. The molecular weight excluding hydrogens is 236 g/mol. The minimum absolute atomic E-state index is 0.135. The molecule has 0 bridgehead atoms. The van der Waals surface area contributed by atoms with Crippen molar-refractivity contribution in [3.05, 3.63) is 34.9 Å². The highest BCUT2D eigenvalue weighted by molar-refractivity contribution is 6.30. The van der Waals surface area contributed by atoms with Gasteiger partial charge in [-0.2, -0.15) is 0 Å². The van der Waals surface area contributed by atoms with Crippen LogP contribution in [0, 0.1) is 0 Å². The molecule has 1 aromatic rings. The lowest BCUT2D eigenvalue weighted by Gasteiger charge is -2.15. The van der Waals surface area contributed by atoms with E-state index in [1.807, 2.05) is 24.3 Å². The van der Waals surface area contributed by atoms with Gasteiger partial charge >= 0.3 is 0 Å². The maximum atomic E-state index is 11.4. The smallest absolute Gasteiger partial charge is 0.223 e. The van der Waals surface area contributed by atoms with Crippen LogP contribution in [0.4, 0.5) is 0 Å². The zero-order valence-electron chi connectivity index (χ0n) is 10.5. The van der Waals surface area contributed by atoms with Crippen molar-refractivity contribution in [2.75, 3.05) is 20.6 Å². The second-order valence-electron chi connectivity index (χ2n) is 4.27. The largest absolute Gasteiger partial charge is 0.349 e. The maximum Gasteiger partial charge on any atom is 0.223 e. The molecule has 0 aliphatic heterocycles. The number of rotatable bonds is 5. The van der Waals surface area contributed by atoms with Gasteiger partial charge in [-0.1, -0.05) is 23.7 Å². The quantitative estimate of drug-likeness (QED) is 0.876. The summed E-state index contributed by atoms with van der Waals surface area (Å²) in [6, 6.07) is 7.95. The number of hydrogen-bond acceptors (Lipinski definition) is 2. The average Bonchev–Trinajstić information content (AvgIpc) is 2.28. The van der Waals surface area contributed by atoms with E-state index in [1.54, 1.807) is 19.0 Å². The van der Waals surface area contributed by atoms with E-state index in [-0.39, 0.29) is 11.9 Å². The molecule has 1 amide bonds. The maximum absolute atomic E-state index is 11.4. The summed E-state index contributed by atoms with van der Waals surface area (Å²) in [7, 11) is 3.53. The van der Waals surface area contributed by atoms with Crippen molar-refractivity contribution in [1.82, 2.24) is 10.2 Å². The Morgan fingerprint density at radius 2 is 2.18 bits per heavy atom. The van der Waals surface area contributed by atoms with E-state index in [4.69, 9.17) is 11.6 Å². The van der Waals surface area contributed by atoms with Crippen molar-refractivity contribution in [3.63, 3.8) is 0 Å². The lowest BCUT2D eigenvalue weighted by molar-refractivity contribution is -0.128. The first-order valence-corrected chi connectivity index (χ1v) is 6.07. The summed E-state index contributed by atoms with van der Waals surface area (Å²) >= 11 is 5.93. The van der Waals surface area contributed by atoms with Crippen LogP contribution in [0.15, 0.2) is 24.3 Å². The topological polar surface area (TPSA) is 32.3 Å². The van der Waals surface area contributed by atoms with E-state index >= 15 is 0 Å². The van der Waals surface area contributed by atoms with E-state index in [2.05, 4.69) is 12.2 Å². The molecule has 3 nitrogen and oxygen atoms in total. The van der Waals surface area contributed by atoms with Gasteiger partial charge in [0.2, 0.25) is 5.91 Å². The van der Waals surface area contributed by atoms with Gasteiger partial charge in [0.15, 0.2) is 0 Å². The van der Waals surface area contributed by atoms with Gasteiger partial charge in [0, 0.05) is 38.1 Å². The average molecular weight is 255 g/mol.